The topological polar surface area (TPSA) is 87.7 Å². The molecule has 35 heavy (non-hydrogen) atoms. The molecule has 0 saturated heterocycles. The molecule has 2 N–H and O–H groups in total. The van der Waals surface area contributed by atoms with Gasteiger partial charge in [-0.3, -0.25) is 9.59 Å². The highest BCUT2D eigenvalue weighted by atomic mass is 16.6. The second-order valence-corrected chi connectivity index (χ2v) is 10.7. The largest absolute Gasteiger partial charge is 0.444 e. The molecule has 0 aromatic heterocycles. The summed E-state index contributed by atoms with van der Waals surface area (Å²) in [6.07, 6.45) is 2.68. The second-order valence-electron chi connectivity index (χ2n) is 10.7. The van der Waals surface area contributed by atoms with E-state index >= 15 is 0 Å². The summed E-state index contributed by atoms with van der Waals surface area (Å²) in [5, 5.41) is 5.80. The fraction of sp³-hybridized carbons (Fsp3) is 0.607. The van der Waals surface area contributed by atoms with Crippen molar-refractivity contribution in [3.63, 3.8) is 0 Å². The van der Waals surface area contributed by atoms with Crippen LogP contribution in [-0.2, 0) is 14.3 Å². The Balaban J connectivity index is 3.48. The van der Waals surface area contributed by atoms with Gasteiger partial charge in [0.2, 0.25) is 11.8 Å². The van der Waals surface area contributed by atoms with Crippen LogP contribution in [-0.4, -0.2) is 47.0 Å². The molecule has 196 valence electrons. The minimum atomic E-state index is -0.876. The number of ether oxygens (including phenoxy) is 1. The number of benzene rings is 1. The molecule has 3 amide bonds. The first-order chi connectivity index (χ1) is 16.2. The van der Waals surface area contributed by atoms with Crippen molar-refractivity contribution in [1.82, 2.24) is 15.5 Å². The van der Waals surface area contributed by atoms with Gasteiger partial charge in [0.25, 0.3) is 0 Å². The molecule has 1 aromatic rings. The molecule has 7 heteroatoms. The maximum atomic E-state index is 13.9. The van der Waals surface area contributed by atoms with Crippen molar-refractivity contribution >= 4 is 17.9 Å². The second kappa shape index (κ2) is 13.3. The van der Waals surface area contributed by atoms with Gasteiger partial charge in [-0.05, 0) is 59.4 Å². The zero-order valence-corrected chi connectivity index (χ0v) is 23.0. The average Bonchev–Trinajstić information content (AvgIpc) is 2.69. The Hall–Kier alpha value is -2.83. The fourth-order valence-electron chi connectivity index (χ4n) is 4.06. The third kappa shape index (κ3) is 9.74. The molecule has 0 fully saturated rings. The number of alkyl carbamates (subject to hydrolysis) is 1. The van der Waals surface area contributed by atoms with E-state index in [4.69, 9.17) is 4.74 Å². The third-order valence-electron chi connectivity index (χ3n) is 5.44. The molecule has 0 saturated carbocycles. The smallest absolute Gasteiger partial charge is 0.408 e. The molecule has 7 nitrogen and oxygen atoms in total. The predicted octanol–water partition coefficient (Wildman–Crippen LogP) is 5.21. The summed E-state index contributed by atoms with van der Waals surface area (Å²) in [5.74, 6) is -0.858. The van der Waals surface area contributed by atoms with E-state index in [2.05, 4.69) is 24.1 Å². The average molecular weight is 488 g/mol. The van der Waals surface area contributed by atoms with Crippen LogP contribution in [0.3, 0.4) is 0 Å². The molecule has 1 rings (SSSR count). The van der Waals surface area contributed by atoms with Crippen molar-refractivity contribution in [3.05, 3.63) is 47.5 Å². The zero-order valence-electron chi connectivity index (χ0n) is 23.0. The first-order valence-corrected chi connectivity index (χ1v) is 12.5. The van der Waals surface area contributed by atoms with E-state index in [9.17, 15) is 14.4 Å². The number of rotatable bonds is 11. The van der Waals surface area contributed by atoms with Crippen molar-refractivity contribution in [2.75, 3.05) is 6.54 Å². The molecule has 0 aliphatic heterocycles. The van der Waals surface area contributed by atoms with Crippen LogP contribution in [0.15, 0.2) is 30.9 Å². The number of amides is 3. The van der Waals surface area contributed by atoms with Gasteiger partial charge in [0.1, 0.15) is 17.7 Å². The summed E-state index contributed by atoms with van der Waals surface area (Å²) >= 11 is 0. The summed E-state index contributed by atoms with van der Waals surface area (Å²) in [7, 11) is 0. The highest BCUT2D eigenvalue weighted by Gasteiger charge is 2.37. The van der Waals surface area contributed by atoms with Gasteiger partial charge in [0, 0.05) is 12.6 Å². The Morgan fingerprint density at radius 2 is 1.63 bits per heavy atom. The summed E-state index contributed by atoms with van der Waals surface area (Å²) in [6.45, 7) is 20.9. The highest BCUT2D eigenvalue weighted by Crippen LogP contribution is 2.26. The van der Waals surface area contributed by atoms with Crippen LogP contribution in [0.2, 0.25) is 0 Å². The van der Waals surface area contributed by atoms with Crippen LogP contribution in [0.25, 0.3) is 0 Å². The molecule has 0 bridgehead atoms. The van der Waals surface area contributed by atoms with Gasteiger partial charge >= 0.3 is 6.09 Å². The van der Waals surface area contributed by atoms with E-state index in [0.29, 0.717) is 0 Å². The van der Waals surface area contributed by atoms with Gasteiger partial charge < -0.3 is 20.3 Å². The molecule has 3 atom stereocenters. The monoisotopic (exact) mass is 487 g/mol. The Kier molecular flexibility index (Phi) is 11.5. The van der Waals surface area contributed by atoms with Gasteiger partial charge in [-0.2, -0.15) is 0 Å². The van der Waals surface area contributed by atoms with Crippen molar-refractivity contribution in [2.24, 2.45) is 5.92 Å². The van der Waals surface area contributed by atoms with Crippen LogP contribution in [0.1, 0.15) is 84.0 Å². The Morgan fingerprint density at radius 1 is 1.06 bits per heavy atom. The zero-order chi connectivity index (χ0) is 26.9. The number of nitrogens with one attached hydrogen (secondary N) is 2. The van der Waals surface area contributed by atoms with Crippen molar-refractivity contribution in [2.45, 2.75) is 98.9 Å². The van der Waals surface area contributed by atoms with Gasteiger partial charge in [-0.25, -0.2) is 4.79 Å². The normalized spacial score (nSPS) is 14.0. The Bertz CT molecular complexity index is 868. The number of carbonyl (C=O) groups excluding carboxylic acids is 3. The standard InChI is InChI=1S/C28H45N3O4/c1-11-13-21(7)29-25(32)24(22-16-19(5)15-20(6)17-22)31(14-12-2)26(33)23(18(3)4)30-27(34)35-28(8,9)10/h12,15-18,21,23-24H,2,11,13-14H2,1,3-10H3,(H,29,32)(H,30,34). The van der Waals surface area contributed by atoms with E-state index < -0.39 is 23.8 Å². The molecule has 0 radical (unpaired) electrons. The van der Waals surface area contributed by atoms with Crippen LogP contribution in [0, 0.1) is 19.8 Å². The molecular formula is C28H45N3O4. The van der Waals surface area contributed by atoms with Crippen LogP contribution >= 0.6 is 0 Å². The fourth-order valence-corrected chi connectivity index (χ4v) is 4.06. The predicted molar refractivity (Wildman–Crippen MR) is 141 cm³/mol. The molecular weight excluding hydrogens is 442 g/mol. The molecule has 0 aliphatic carbocycles. The van der Waals surface area contributed by atoms with Crippen LogP contribution < -0.4 is 10.6 Å². The lowest BCUT2D eigenvalue weighted by molar-refractivity contribution is -0.142. The molecule has 1 aromatic carbocycles. The summed E-state index contributed by atoms with van der Waals surface area (Å²) in [6, 6.07) is 4.09. The molecule has 0 spiro atoms. The third-order valence-corrected chi connectivity index (χ3v) is 5.44. The summed E-state index contributed by atoms with van der Waals surface area (Å²) < 4.78 is 5.39. The van der Waals surface area contributed by atoms with Gasteiger partial charge in [0.15, 0.2) is 0 Å². The summed E-state index contributed by atoms with van der Waals surface area (Å²) in [4.78, 5) is 41.6. The quantitative estimate of drug-likeness (QED) is 0.419. The number of carbonyl (C=O) groups is 3. The van der Waals surface area contributed by atoms with Gasteiger partial charge in [0.05, 0.1) is 0 Å². The van der Waals surface area contributed by atoms with Gasteiger partial charge in [-0.1, -0.05) is 62.6 Å². The number of hydrogen-bond donors (Lipinski definition) is 2. The van der Waals surface area contributed by atoms with E-state index in [1.165, 1.54) is 4.90 Å². The van der Waals surface area contributed by atoms with Crippen LogP contribution in [0.5, 0.6) is 0 Å². The number of hydrogen-bond acceptors (Lipinski definition) is 4. The summed E-state index contributed by atoms with van der Waals surface area (Å²) in [5.41, 5.74) is 2.01. The first kappa shape index (κ1) is 30.2. The maximum absolute atomic E-state index is 13.9. The molecule has 0 aliphatic rings. The van der Waals surface area contributed by atoms with Crippen molar-refractivity contribution < 1.29 is 19.1 Å². The van der Waals surface area contributed by atoms with Crippen molar-refractivity contribution in [3.8, 4) is 0 Å². The molecule has 3 unspecified atom stereocenters. The minimum absolute atomic E-state index is 0.0395. The van der Waals surface area contributed by atoms with E-state index in [1.807, 2.05) is 52.8 Å². The molecule has 0 heterocycles. The van der Waals surface area contributed by atoms with Crippen LogP contribution in [0.4, 0.5) is 4.79 Å². The lowest BCUT2D eigenvalue weighted by atomic mass is 9.96. The lowest BCUT2D eigenvalue weighted by Crippen LogP contribution is -2.55. The van der Waals surface area contributed by atoms with E-state index in [1.54, 1.807) is 26.8 Å². The number of nitrogens with zero attached hydrogens (tertiary/aromatic N) is 1. The maximum Gasteiger partial charge on any atom is 0.408 e. The Morgan fingerprint density at radius 3 is 2.09 bits per heavy atom. The van der Waals surface area contributed by atoms with E-state index in [0.717, 1.165) is 29.5 Å². The SMILES string of the molecule is C=CCN(C(=O)C(NC(=O)OC(C)(C)C)C(C)C)C(C(=O)NC(C)CCC)c1cc(C)cc(C)c1. The van der Waals surface area contributed by atoms with E-state index in [-0.39, 0.29) is 30.3 Å². The minimum Gasteiger partial charge on any atom is -0.444 e. The number of aryl methyl sites for hydroxylation is 2. The lowest BCUT2D eigenvalue weighted by Gasteiger charge is -2.35. The first-order valence-electron chi connectivity index (χ1n) is 12.5. The Labute approximate surface area is 211 Å². The highest BCUT2D eigenvalue weighted by molar-refractivity contribution is 5.92. The van der Waals surface area contributed by atoms with Gasteiger partial charge in [-0.15, -0.1) is 6.58 Å². The van der Waals surface area contributed by atoms with Crippen molar-refractivity contribution in [1.29, 1.82) is 0 Å².